The van der Waals surface area contributed by atoms with E-state index < -0.39 is 11.9 Å². The molecule has 3 atom stereocenters. The number of carbonyl (C=O) groups is 3. The molecular formula is C43H54O7. The first-order valence-electron chi connectivity index (χ1n) is 18.7. The molecule has 2 aliphatic carbocycles. The summed E-state index contributed by atoms with van der Waals surface area (Å²) in [6, 6.07) is 19.5. The average Bonchev–Trinajstić information content (AvgIpc) is 3.60. The number of rotatable bonds is 18. The Balaban J connectivity index is 1.01. The van der Waals surface area contributed by atoms with Crippen LogP contribution in [0.2, 0.25) is 0 Å². The monoisotopic (exact) mass is 682 g/mol. The molecule has 3 aromatic rings. The van der Waals surface area contributed by atoms with Gasteiger partial charge in [-0.25, -0.2) is 14.4 Å². The fourth-order valence-corrected chi connectivity index (χ4v) is 7.84. The SMILES string of the molecule is CCCCCCCCCCCCOc1ccc(C(=O)Oc2ccc(C(=O)Oc3ccc(C(=O)OC4C5(C)CCC(C5)C4(C)C)cc3)cc2)cc1. The van der Waals surface area contributed by atoms with Crippen molar-refractivity contribution in [3.8, 4) is 17.2 Å². The second-order valence-corrected chi connectivity index (χ2v) is 15.1. The van der Waals surface area contributed by atoms with Gasteiger partial charge in [-0.2, -0.15) is 0 Å². The summed E-state index contributed by atoms with van der Waals surface area (Å²) in [6.07, 6.45) is 16.0. The Morgan fingerprint density at radius 1 is 0.600 bits per heavy atom. The lowest BCUT2D eigenvalue weighted by atomic mass is 9.70. The molecule has 0 spiro atoms. The topological polar surface area (TPSA) is 88.1 Å². The highest BCUT2D eigenvalue weighted by Crippen LogP contribution is 2.63. The molecule has 0 radical (unpaired) electrons. The number of fused-ring (bicyclic) bond motifs is 2. The fraction of sp³-hybridized carbons (Fsp3) is 0.512. The van der Waals surface area contributed by atoms with E-state index in [1.165, 1.54) is 64.2 Å². The molecule has 0 saturated heterocycles. The van der Waals surface area contributed by atoms with E-state index in [1.807, 2.05) is 0 Å². The van der Waals surface area contributed by atoms with E-state index in [0.717, 1.165) is 25.0 Å². The lowest BCUT2D eigenvalue weighted by Gasteiger charge is -2.41. The maximum Gasteiger partial charge on any atom is 0.343 e. The average molecular weight is 683 g/mol. The van der Waals surface area contributed by atoms with Gasteiger partial charge in [0.2, 0.25) is 0 Å². The van der Waals surface area contributed by atoms with Gasteiger partial charge in [-0.05, 0) is 104 Å². The molecule has 2 saturated carbocycles. The highest BCUT2D eigenvalue weighted by molar-refractivity contribution is 5.93. The summed E-state index contributed by atoms with van der Waals surface area (Å²) in [6.45, 7) is 9.54. The molecule has 2 aliphatic rings. The molecule has 50 heavy (non-hydrogen) atoms. The third-order valence-corrected chi connectivity index (χ3v) is 10.8. The van der Waals surface area contributed by atoms with Crippen molar-refractivity contribution in [3.05, 3.63) is 89.5 Å². The molecule has 7 nitrogen and oxygen atoms in total. The van der Waals surface area contributed by atoms with Gasteiger partial charge in [-0.15, -0.1) is 0 Å². The smallest absolute Gasteiger partial charge is 0.343 e. The number of hydrogen-bond acceptors (Lipinski definition) is 7. The fourth-order valence-electron chi connectivity index (χ4n) is 7.84. The van der Waals surface area contributed by atoms with Crippen molar-refractivity contribution in [2.75, 3.05) is 6.61 Å². The zero-order valence-corrected chi connectivity index (χ0v) is 30.3. The molecule has 5 rings (SSSR count). The Bertz CT molecular complexity index is 1550. The van der Waals surface area contributed by atoms with Crippen LogP contribution in [0.15, 0.2) is 72.8 Å². The van der Waals surface area contributed by atoms with Crippen molar-refractivity contribution in [1.82, 2.24) is 0 Å². The summed E-state index contributed by atoms with van der Waals surface area (Å²) in [5.41, 5.74) is 1.10. The van der Waals surface area contributed by atoms with Crippen LogP contribution in [0.1, 0.15) is 142 Å². The quantitative estimate of drug-likeness (QED) is 0.0749. The number of hydrogen-bond donors (Lipinski definition) is 0. The lowest BCUT2D eigenvalue weighted by molar-refractivity contribution is -0.0584. The highest BCUT2D eigenvalue weighted by Gasteiger charge is 2.61. The first-order chi connectivity index (χ1) is 24.1. The van der Waals surface area contributed by atoms with E-state index in [4.69, 9.17) is 18.9 Å². The molecule has 0 N–H and O–H groups in total. The normalized spacial score (nSPS) is 20.3. The van der Waals surface area contributed by atoms with E-state index >= 15 is 0 Å². The summed E-state index contributed by atoms with van der Waals surface area (Å²) in [5.74, 6) is 0.498. The third-order valence-electron chi connectivity index (χ3n) is 10.8. The molecule has 0 amide bonds. The van der Waals surface area contributed by atoms with Gasteiger partial charge in [-0.3, -0.25) is 0 Å². The van der Waals surface area contributed by atoms with Gasteiger partial charge >= 0.3 is 17.9 Å². The van der Waals surface area contributed by atoms with Crippen LogP contribution in [0, 0.1) is 16.7 Å². The molecule has 3 unspecified atom stereocenters. The van der Waals surface area contributed by atoms with Gasteiger partial charge in [0.25, 0.3) is 0 Å². The maximum absolute atomic E-state index is 13.0. The molecule has 2 fully saturated rings. The van der Waals surface area contributed by atoms with Crippen LogP contribution < -0.4 is 14.2 Å². The number of esters is 3. The molecule has 7 heteroatoms. The Kier molecular flexibility index (Phi) is 12.8. The first kappa shape index (κ1) is 37.1. The van der Waals surface area contributed by atoms with Crippen molar-refractivity contribution in [1.29, 1.82) is 0 Å². The summed E-state index contributed by atoms with van der Waals surface area (Å²) in [4.78, 5) is 38.5. The third kappa shape index (κ3) is 9.55. The Morgan fingerprint density at radius 3 is 1.50 bits per heavy atom. The van der Waals surface area contributed by atoms with Gasteiger partial charge in [0.1, 0.15) is 23.4 Å². The Morgan fingerprint density at radius 2 is 1.04 bits per heavy atom. The van der Waals surface area contributed by atoms with Gasteiger partial charge in [0.15, 0.2) is 0 Å². The van der Waals surface area contributed by atoms with E-state index in [1.54, 1.807) is 72.8 Å². The van der Waals surface area contributed by atoms with Gasteiger partial charge in [-0.1, -0.05) is 85.5 Å². The molecular weight excluding hydrogens is 628 g/mol. The van der Waals surface area contributed by atoms with E-state index in [0.29, 0.717) is 40.7 Å². The van der Waals surface area contributed by atoms with Crippen LogP contribution in [0.25, 0.3) is 0 Å². The summed E-state index contributed by atoms with van der Waals surface area (Å²) < 4.78 is 22.9. The Hall–Kier alpha value is -4.13. The van der Waals surface area contributed by atoms with E-state index in [9.17, 15) is 14.4 Å². The standard InChI is InChI=1S/C43H54O7/c1-5-6-7-8-9-10-11-12-13-14-29-47-35-21-15-31(16-22-35)38(44)48-36-23-17-32(18-24-36)39(45)49-37-25-19-33(20-26-37)40(46)50-41-42(2,3)34-27-28-43(41,4)30-34/h15-26,34,41H,5-14,27-30H2,1-4H3. The lowest BCUT2D eigenvalue weighted by Crippen LogP contribution is -2.43. The van der Waals surface area contributed by atoms with E-state index in [2.05, 4.69) is 27.7 Å². The second kappa shape index (κ2) is 17.2. The van der Waals surface area contributed by atoms with Crippen LogP contribution in [0.5, 0.6) is 17.2 Å². The minimum absolute atomic E-state index is 0.0275. The summed E-state index contributed by atoms with van der Waals surface area (Å²) in [5, 5.41) is 0. The van der Waals surface area contributed by atoms with E-state index in [-0.39, 0.29) is 22.9 Å². The highest BCUT2D eigenvalue weighted by atomic mass is 16.6. The number of benzene rings is 3. The van der Waals surface area contributed by atoms with Crippen LogP contribution in [0.3, 0.4) is 0 Å². The first-order valence-corrected chi connectivity index (χ1v) is 18.7. The summed E-state index contributed by atoms with van der Waals surface area (Å²) in [7, 11) is 0. The van der Waals surface area contributed by atoms with Crippen LogP contribution in [-0.2, 0) is 4.74 Å². The zero-order valence-electron chi connectivity index (χ0n) is 30.3. The summed E-state index contributed by atoms with van der Waals surface area (Å²) >= 11 is 0. The van der Waals surface area contributed by atoms with Gasteiger partial charge < -0.3 is 18.9 Å². The Labute approximate surface area is 298 Å². The van der Waals surface area contributed by atoms with Crippen molar-refractivity contribution in [2.45, 2.75) is 117 Å². The largest absolute Gasteiger partial charge is 0.494 e. The number of ether oxygens (including phenoxy) is 4. The van der Waals surface area contributed by atoms with Crippen LogP contribution >= 0.6 is 0 Å². The molecule has 3 aromatic carbocycles. The predicted octanol–water partition coefficient (Wildman–Crippen LogP) is 10.8. The van der Waals surface area contributed by atoms with Crippen molar-refractivity contribution in [2.24, 2.45) is 16.7 Å². The minimum atomic E-state index is -0.566. The molecule has 0 heterocycles. The number of unbranched alkanes of at least 4 members (excludes halogenated alkanes) is 9. The molecule has 268 valence electrons. The molecule has 0 aromatic heterocycles. The minimum Gasteiger partial charge on any atom is -0.494 e. The maximum atomic E-state index is 13.0. The van der Waals surface area contributed by atoms with Crippen molar-refractivity contribution >= 4 is 17.9 Å². The second-order valence-electron chi connectivity index (χ2n) is 15.1. The van der Waals surface area contributed by atoms with Crippen LogP contribution in [0.4, 0.5) is 0 Å². The van der Waals surface area contributed by atoms with Crippen molar-refractivity contribution < 1.29 is 33.3 Å². The predicted molar refractivity (Wildman–Crippen MR) is 195 cm³/mol. The zero-order chi connectivity index (χ0) is 35.6. The van der Waals surface area contributed by atoms with Crippen LogP contribution in [-0.4, -0.2) is 30.6 Å². The molecule has 2 bridgehead atoms. The number of carbonyl (C=O) groups excluding carboxylic acids is 3. The van der Waals surface area contributed by atoms with Gasteiger partial charge in [0.05, 0.1) is 23.3 Å². The molecule has 0 aliphatic heterocycles. The van der Waals surface area contributed by atoms with Crippen molar-refractivity contribution in [3.63, 3.8) is 0 Å². The van der Waals surface area contributed by atoms with Gasteiger partial charge in [0, 0.05) is 10.8 Å².